The van der Waals surface area contributed by atoms with Crippen LogP contribution in [0.4, 0.5) is 4.39 Å². The van der Waals surface area contributed by atoms with Crippen molar-refractivity contribution in [2.75, 3.05) is 6.61 Å². The van der Waals surface area contributed by atoms with Gasteiger partial charge in [-0.3, -0.25) is 0 Å². The minimum Gasteiger partial charge on any atom is -0.465 e. The van der Waals surface area contributed by atoms with Gasteiger partial charge in [0.2, 0.25) is 0 Å². The maximum absolute atomic E-state index is 12.8. The first kappa shape index (κ1) is 13.9. The van der Waals surface area contributed by atoms with Gasteiger partial charge in [0.25, 0.3) is 0 Å². The molecule has 0 aromatic heterocycles. The van der Waals surface area contributed by atoms with Crippen LogP contribution < -0.4 is 5.73 Å². The molecule has 2 N–H and O–H groups in total. The molecule has 15 heavy (non-hydrogen) atoms. The lowest BCUT2D eigenvalue weighted by Crippen LogP contribution is -2.23. The molecule has 1 unspecified atom stereocenters. The van der Waals surface area contributed by atoms with Crippen LogP contribution in [0.2, 0.25) is 0 Å². The molecular formula is C10H13ClFNO2. The van der Waals surface area contributed by atoms with Crippen LogP contribution in [0.1, 0.15) is 18.5 Å². The van der Waals surface area contributed by atoms with E-state index >= 15 is 0 Å². The van der Waals surface area contributed by atoms with Crippen molar-refractivity contribution in [1.82, 2.24) is 0 Å². The number of carbonyl (C=O) groups excluding carboxylic acids is 1. The van der Waals surface area contributed by atoms with E-state index in [4.69, 9.17) is 10.5 Å². The second kappa shape index (κ2) is 6.37. The molecule has 1 atom stereocenters. The highest BCUT2D eigenvalue weighted by Gasteiger charge is 2.16. The molecule has 0 saturated carbocycles. The molecule has 3 nitrogen and oxygen atoms in total. The molecule has 0 amide bonds. The monoisotopic (exact) mass is 233 g/mol. The number of esters is 1. The van der Waals surface area contributed by atoms with Gasteiger partial charge < -0.3 is 10.5 Å². The average Bonchev–Trinajstić information content (AvgIpc) is 2.17. The Morgan fingerprint density at radius 2 is 2.27 bits per heavy atom. The highest BCUT2D eigenvalue weighted by Crippen LogP contribution is 2.12. The van der Waals surface area contributed by atoms with Crippen LogP contribution in [-0.4, -0.2) is 12.6 Å². The van der Waals surface area contributed by atoms with E-state index in [-0.39, 0.29) is 19.0 Å². The van der Waals surface area contributed by atoms with Crippen molar-refractivity contribution in [3.05, 3.63) is 35.6 Å². The Morgan fingerprint density at radius 1 is 1.60 bits per heavy atom. The SMILES string of the molecule is CCOC(=O)C(N)c1cccc(F)c1.Cl. The number of benzene rings is 1. The quantitative estimate of drug-likeness (QED) is 0.811. The summed E-state index contributed by atoms with van der Waals surface area (Å²) in [6.07, 6.45) is 0. The summed E-state index contributed by atoms with van der Waals surface area (Å²) >= 11 is 0. The second-order valence-electron chi connectivity index (χ2n) is 2.78. The molecule has 1 aromatic rings. The average molecular weight is 234 g/mol. The Labute approximate surface area is 93.8 Å². The molecule has 5 heteroatoms. The molecule has 0 spiro atoms. The standard InChI is InChI=1S/C10H12FNO2.ClH/c1-2-14-10(13)9(12)7-4-3-5-8(11)6-7;/h3-6,9H,2,12H2,1H3;1H. The fourth-order valence-corrected chi connectivity index (χ4v) is 1.07. The lowest BCUT2D eigenvalue weighted by molar-refractivity contribution is -0.144. The number of hydrogen-bond donors (Lipinski definition) is 1. The van der Waals surface area contributed by atoms with Crippen molar-refractivity contribution in [2.45, 2.75) is 13.0 Å². The minimum atomic E-state index is -0.911. The molecular weight excluding hydrogens is 221 g/mol. The Hall–Kier alpha value is -1.13. The van der Waals surface area contributed by atoms with Gasteiger partial charge in [0.05, 0.1) is 6.61 Å². The molecule has 1 aromatic carbocycles. The highest BCUT2D eigenvalue weighted by atomic mass is 35.5. The van der Waals surface area contributed by atoms with Crippen LogP contribution in [0.25, 0.3) is 0 Å². The van der Waals surface area contributed by atoms with Crippen LogP contribution in [0, 0.1) is 5.82 Å². The van der Waals surface area contributed by atoms with Crippen LogP contribution >= 0.6 is 12.4 Å². The summed E-state index contributed by atoms with van der Waals surface area (Å²) in [5.41, 5.74) is 5.97. The number of hydrogen-bond acceptors (Lipinski definition) is 3. The summed E-state index contributed by atoms with van der Waals surface area (Å²) in [5, 5.41) is 0. The van der Waals surface area contributed by atoms with Crippen molar-refractivity contribution in [2.24, 2.45) is 5.73 Å². The Balaban J connectivity index is 0.00000196. The van der Waals surface area contributed by atoms with Crippen molar-refractivity contribution >= 4 is 18.4 Å². The highest BCUT2D eigenvalue weighted by molar-refractivity contribution is 5.85. The maximum Gasteiger partial charge on any atom is 0.327 e. The molecule has 0 bridgehead atoms. The smallest absolute Gasteiger partial charge is 0.327 e. The van der Waals surface area contributed by atoms with E-state index in [0.717, 1.165) is 0 Å². The van der Waals surface area contributed by atoms with Gasteiger partial charge in [-0.05, 0) is 24.6 Å². The lowest BCUT2D eigenvalue weighted by atomic mass is 10.1. The number of halogens is 2. The molecule has 0 aliphatic rings. The molecule has 0 saturated heterocycles. The Morgan fingerprint density at radius 3 is 2.80 bits per heavy atom. The number of ether oxygens (including phenoxy) is 1. The molecule has 0 fully saturated rings. The zero-order chi connectivity index (χ0) is 10.6. The van der Waals surface area contributed by atoms with Gasteiger partial charge in [0.1, 0.15) is 11.9 Å². The molecule has 0 aliphatic carbocycles. The molecule has 84 valence electrons. The van der Waals surface area contributed by atoms with E-state index in [1.807, 2.05) is 0 Å². The van der Waals surface area contributed by atoms with Crippen molar-refractivity contribution in [1.29, 1.82) is 0 Å². The van der Waals surface area contributed by atoms with Gasteiger partial charge in [0, 0.05) is 0 Å². The van der Waals surface area contributed by atoms with Gasteiger partial charge >= 0.3 is 5.97 Å². The number of nitrogens with two attached hydrogens (primary N) is 1. The predicted molar refractivity (Wildman–Crippen MR) is 57.2 cm³/mol. The Kier molecular flexibility index (Phi) is 5.89. The zero-order valence-corrected chi connectivity index (χ0v) is 9.09. The molecule has 0 aliphatic heterocycles. The third kappa shape index (κ3) is 3.85. The fourth-order valence-electron chi connectivity index (χ4n) is 1.07. The minimum absolute atomic E-state index is 0. The van der Waals surface area contributed by atoms with Crippen molar-refractivity contribution in [3.63, 3.8) is 0 Å². The maximum atomic E-state index is 12.8. The van der Waals surface area contributed by atoms with Crippen molar-refractivity contribution in [3.8, 4) is 0 Å². The van der Waals surface area contributed by atoms with Gasteiger partial charge in [0.15, 0.2) is 0 Å². The summed E-state index contributed by atoms with van der Waals surface area (Å²) in [5.74, 6) is -0.958. The summed E-state index contributed by atoms with van der Waals surface area (Å²) in [6, 6.07) is 4.70. The van der Waals surface area contributed by atoms with E-state index in [1.54, 1.807) is 13.0 Å². The fraction of sp³-hybridized carbons (Fsp3) is 0.300. The van der Waals surface area contributed by atoms with Gasteiger partial charge in [-0.2, -0.15) is 0 Å². The summed E-state index contributed by atoms with van der Waals surface area (Å²) in [6.45, 7) is 1.96. The second-order valence-corrected chi connectivity index (χ2v) is 2.78. The summed E-state index contributed by atoms with van der Waals surface area (Å²) in [4.78, 5) is 11.2. The first-order chi connectivity index (χ1) is 6.65. The first-order valence-electron chi connectivity index (χ1n) is 4.33. The van der Waals surface area contributed by atoms with E-state index < -0.39 is 17.8 Å². The van der Waals surface area contributed by atoms with E-state index in [9.17, 15) is 9.18 Å². The van der Waals surface area contributed by atoms with Crippen LogP contribution in [-0.2, 0) is 9.53 Å². The predicted octanol–water partition coefficient (Wildman–Crippen LogP) is 1.81. The van der Waals surface area contributed by atoms with Gasteiger partial charge in [-0.25, -0.2) is 9.18 Å². The van der Waals surface area contributed by atoms with Crippen LogP contribution in [0.3, 0.4) is 0 Å². The Bertz CT molecular complexity index is 333. The van der Waals surface area contributed by atoms with Crippen molar-refractivity contribution < 1.29 is 13.9 Å². The largest absolute Gasteiger partial charge is 0.465 e. The lowest BCUT2D eigenvalue weighted by Gasteiger charge is -2.10. The van der Waals surface area contributed by atoms with E-state index in [2.05, 4.69) is 0 Å². The summed E-state index contributed by atoms with van der Waals surface area (Å²) < 4.78 is 17.5. The summed E-state index contributed by atoms with van der Waals surface area (Å²) in [7, 11) is 0. The molecule has 0 radical (unpaired) electrons. The van der Waals surface area contributed by atoms with E-state index in [0.29, 0.717) is 5.56 Å². The number of rotatable bonds is 3. The topological polar surface area (TPSA) is 52.3 Å². The molecule has 1 rings (SSSR count). The first-order valence-corrected chi connectivity index (χ1v) is 4.33. The number of carbonyl (C=O) groups is 1. The van der Waals surface area contributed by atoms with Gasteiger partial charge in [-0.1, -0.05) is 12.1 Å². The third-order valence-electron chi connectivity index (χ3n) is 1.75. The normalized spacial score (nSPS) is 11.4. The van der Waals surface area contributed by atoms with Gasteiger partial charge in [-0.15, -0.1) is 12.4 Å². The zero-order valence-electron chi connectivity index (χ0n) is 8.27. The van der Waals surface area contributed by atoms with Crippen LogP contribution in [0.15, 0.2) is 24.3 Å². The van der Waals surface area contributed by atoms with E-state index in [1.165, 1.54) is 18.2 Å². The third-order valence-corrected chi connectivity index (χ3v) is 1.75. The van der Waals surface area contributed by atoms with Crippen LogP contribution in [0.5, 0.6) is 0 Å². The molecule has 0 heterocycles.